The van der Waals surface area contributed by atoms with Crippen molar-refractivity contribution in [3.63, 3.8) is 0 Å². The summed E-state index contributed by atoms with van der Waals surface area (Å²) in [7, 11) is 0. The molecule has 0 aliphatic carbocycles. The Morgan fingerprint density at radius 2 is 1.73 bits per heavy atom. The topological polar surface area (TPSA) is 146 Å². The van der Waals surface area contributed by atoms with E-state index in [4.69, 9.17) is 0 Å². The Balaban J connectivity index is 1.47. The van der Waals surface area contributed by atoms with Crippen LogP contribution in [0.4, 0.5) is 34.4 Å². The summed E-state index contributed by atoms with van der Waals surface area (Å²) in [5, 5.41) is 25.2. The maximum Gasteiger partial charge on any atom is 0.271 e. The Kier molecular flexibility index (Phi) is 5.16. The minimum atomic E-state index is -0.461. The Labute approximate surface area is 170 Å². The van der Waals surface area contributed by atoms with Crippen LogP contribution in [0.15, 0.2) is 65.7 Å². The molecule has 1 aliphatic heterocycles. The first-order valence-electron chi connectivity index (χ1n) is 8.90. The molecule has 1 aliphatic rings. The van der Waals surface area contributed by atoms with Gasteiger partial charge in [0.1, 0.15) is 5.84 Å². The fourth-order valence-electron chi connectivity index (χ4n) is 2.72. The van der Waals surface area contributed by atoms with Crippen molar-refractivity contribution in [1.29, 1.82) is 0 Å². The molecular weight excluding hydrogens is 388 g/mol. The summed E-state index contributed by atoms with van der Waals surface area (Å²) in [5.41, 5.74) is 7.07. The van der Waals surface area contributed by atoms with Crippen molar-refractivity contribution in [2.24, 2.45) is 4.99 Å². The lowest BCUT2D eigenvalue weighted by molar-refractivity contribution is -0.384. The second-order valence-corrected chi connectivity index (χ2v) is 6.29. The van der Waals surface area contributed by atoms with Gasteiger partial charge >= 0.3 is 0 Å². The van der Waals surface area contributed by atoms with Crippen LogP contribution in [0.2, 0.25) is 0 Å². The summed E-state index contributed by atoms with van der Waals surface area (Å²) in [6.45, 7) is 0. The number of benzene rings is 2. The Morgan fingerprint density at radius 3 is 2.43 bits per heavy atom. The first-order chi connectivity index (χ1) is 14.6. The van der Waals surface area contributed by atoms with E-state index in [2.05, 4.69) is 36.7 Å². The number of nitro groups is 1. The number of nitro benzene ring substituents is 1. The number of anilines is 4. The third kappa shape index (κ3) is 4.47. The minimum absolute atomic E-state index is 0.0156. The fraction of sp³-hybridized carbons (Fsp3) is 0.0526. The molecule has 1 saturated heterocycles. The molecule has 3 aromatic rings. The van der Waals surface area contributed by atoms with Crippen LogP contribution in [0.3, 0.4) is 0 Å². The number of non-ortho nitro benzene ring substituents is 1. The molecule has 1 amide bonds. The Bertz CT molecular complexity index is 1130. The third-order valence-corrected chi connectivity index (χ3v) is 4.09. The van der Waals surface area contributed by atoms with Crippen LogP contribution < -0.4 is 21.5 Å². The molecule has 4 rings (SSSR count). The van der Waals surface area contributed by atoms with E-state index in [0.717, 1.165) is 0 Å². The zero-order chi connectivity index (χ0) is 20.9. The van der Waals surface area contributed by atoms with Gasteiger partial charge in [-0.05, 0) is 30.3 Å². The molecule has 0 radical (unpaired) electrons. The van der Waals surface area contributed by atoms with Gasteiger partial charge in [0.25, 0.3) is 5.69 Å². The van der Waals surface area contributed by atoms with Crippen LogP contribution in [-0.2, 0) is 4.79 Å². The lowest BCUT2D eigenvalue weighted by Gasteiger charge is -2.09. The van der Waals surface area contributed by atoms with Gasteiger partial charge in [-0.2, -0.15) is 0 Å². The maximum absolute atomic E-state index is 11.3. The van der Waals surface area contributed by atoms with E-state index < -0.39 is 4.92 Å². The van der Waals surface area contributed by atoms with E-state index in [1.54, 1.807) is 24.3 Å². The number of aliphatic imine (C=N–C) groups is 1. The van der Waals surface area contributed by atoms with Gasteiger partial charge in [0, 0.05) is 17.8 Å². The average Bonchev–Trinajstić information content (AvgIpc) is 3.16. The lowest BCUT2D eigenvalue weighted by atomic mass is 10.2. The van der Waals surface area contributed by atoms with Crippen LogP contribution in [0.5, 0.6) is 0 Å². The number of carbonyl (C=O) groups is 1. The summed E-state index contributed by atoms with van der Waals surface area (Å²) in [6.07, 6.45) is 0.187. The molecule has 2 aromatic carbocycles. The summed E-state index contributed by atoms with van der Waals surface area (Å²) >= 11 is 0. The SMILES string of the molecule is O=C1CC(=Nc2ccccc2Nc2ccc(Nc3cccc([N+](=O)[O-])c3)nn2)NN1. The third-order valence-electron chi connectivity index (χ3n) is 4.09. The molecule has 0 spiro atoms. The number of aromatic nitrogens is 2. The first kappa shape index (κ1) is 18.8. The summed E-state index contributed by atoms with van der Waals surface area (Å²) in [5.74, 6) is 1.31. The number of nitrogens with zero attached hydrogens (tertiary/aromatic N) is 4. The van der Waals surface area contributed by atoms with Crippen LogP contribution >= 0.6 is 0 Å². The van der Waals surface area contributed by atoms with Crippen LogP contribution in [0.25, 0.3) is 0 Å². The fourth-order valence-corrected chi connectivity index (χ4v) is 2.72. The molecule has 1 fully saturated rings. The molecule has 0 atom stereocenters. The van der Waals surface area contributed by atoms with E-state index in [1.807, 2.05) is 24.3 Å². The van der Waals surface area contributed by atoms with Gasteiger partial charge in [-0.15, -0.1) is 10.2 Å². The summed E-state index contributed by atoms with van der Waals surface area (Å²) < 4.78 is 0. The van der Waals surface area contributed by atoms with E-state index in [-0.39, 0.29) is 18.0 Å². The number of rotatable bonds is 6. The normalized spacial score (nSPS) is 14.1. The van der Waals surface area contributed by atoms with Crippen LogP contribution in [0, 0.1) is 10.1 Å². The molecule has 1 aromatic heterocycles. The molecule has 2 heterocycles. The van der Waals surface area contributed by atoms with E-state index >= 15 is 0 Å². The van der Waals surface area contributed by atoms with Crippen LogP contribution in [-0.4, -0.2) is 26.9 Å². The molecule has 0 unspecified atom stereocenters. The van der Waals surface area contributed by atoms with Gasteiger partial charge in [-0.3, -0.25) is 25.8 Å². The quantitative estimate of drug-likeness (QED) is 0.362. The van der Waals surface area contributed by atoms with E-state index in [1.165, 1.54) is 12.1 Å². The highest BCUT2D eigenvalue weighted by Crippen LogP contribution is 2.28. The van der Waals surface area contributed by atoms with Crippen molar-refractivity contribution in [3.8, 4) is 0 Å². The zero-order valence-corrected chi connectivity index (χ0v) is 15.5. The van der Waals surface area contributed by atoms with Gasteiger partial charge in [-0.1, -0.05) is 18.2 Å². The molecule has 0 saturated carbocycles. The highest BCUT2D eigenvalue weighted by molar-refractivity contribution is 6.06. The zero-order valence-electron chi connectivity index (χ0n) is 15.5. The Morgan fingerprint density at radius 1 is 0.967 bits per heavy atom. The molecule has 30 heavy (non-hydrogen) atoms. The molecule has 150 valence electrons. The average molecular weight is 404 g/mol. The van der Waals surface area contributed by atoms with Gasteiger partial charge < -0.3 is 10.6 Å². The van der Waals surface area contributed by atoms with Crippen molar-refractivity contribution in [2.45, 2.75) is 6.42 Å². The van der Waals surface area contributed by atoms with E-state index in [9.17, 15) is 14.9 Å². The van der Waals surface area contributed by atoms with Crippen molar-refractivity contribution in [3.05, 3.63) is 70.8 Å². The van der Waals surface area contributed by atoms with Crippen LogP contribution in [0.1, 0.15) is 6.42 Å². The number of para-hydroxylation sites is 2. The maximum atomic E-state index is 11.3. The van der Waals surface area contributed by atoms with Crippen molar-refractivity contribution < 1.29 is 9.72 Å². The first-order valence-corrected chi connectivity index (χ1v) is 8.90. The van der Waals surface area contributed by atoms with Crippen molar-refractivity contribution in [2.75, 3.05) is 10.6 Å². The molecule has 0 bridgehead atoms. The second-order valence-electron chi connectivity index (χ2n) is 6.29. The van der Waals surface area contributed by atoms with Gasteiger partial charge in [0.15, 0.2) is 11.6 Å². The molecule has 4 N–H and O–H groups in total. The minimum Gasteiger partial charge on any atom is -0.339 e. The predicted molar refractivity (Wildman–Crippen MR) is 111 cm³/mol. The lowest BCUT2D eigenvalue weighted by Crippen LogP contribution is -2.28. The molecule has 11 nitrogen and oxygen atoms in total. The number of amides is 1. The van der Waals surface area contributed by atoms with Gasteiger partial charge in [-0.25, -0.2) is 4.99 Å². The summed E-state index contributed by atoms with van der Waals surface area (Å²) in [6, 6.07) is 16.9. The monoisotopic (exact) mass is 404 g/mol. The highest BCUT2D eigenvalue weighted by Gasteiger charge is 2.15. The smallest absolute Gasteiger partial charge is 0.271 e. The number of amidine groups is 1. The Hall–Kier alpha value is -4.54. The standard InChI is InChI=1S/C19H16N8O3/c28-19-11-18(25-26-19)22-15-7-2-1-6-14(15)21-17-9-8-16(23-24-17)20-12-4-3-5-13(10-12)27(29)30/h1-10H,11H2,(H,20,23)(H,21,24)(H,22,25)(H,26,28). The number of nitrogens with one attached hydrogen (secondary N) is 4. The largest absolute Gasteiger partial charge is 0.339 e. The number of hydrazine groups is 1. The molecular formula is C19H16N8O3. The van der Waals surface area contributed by atoms with Gasteiger partial charge in [0.2, 0.25) is 5.91 Å². The van der Waals surface area contributed by atoms with Crippen molar-refractivity contribution in [1.82, 2.24) is 21.0 Å². The second kappa shape index (κ2) is 8.22. The number of hydrogen-bond acceptors (Lipinski definition) is 8. The number of hydrogen-bond donors (Lipinski definition) is 4. The molecule has 11 heteroatoms. The van der Waals surface area contributed by atoms with Gasteiger partial charge in [0.05, 0.1) is 22.7 Å². The van der Waals surface area contributed by atoms with E-state index in [0.29, 0.717) is 34.5 Å². The predicted octanol–water partition coefficient (Wildman–Crippen LogP) is 2.93. The highest BCUT2D eigenvalue weighted by atomic mass is 16.6. The van der Waals surface area contributed by atoms with Crippen molar-refractivity contribution >= 4 is 46.1 Å². The summed E-state index contributed by atoms with van der Waals surface area (Å²) in [4.78, 5) is 26.2. The number of carbonyl (C=O) groups excluding carboxylic acids is 1.